The van der Waals surface area contributed by atoms with Crippen molar-refractivity contribution in [1.82, 2.24) is 24.9 Å². The van der Waals surface area contributed by atoms with Gasteiger partial charge >= 0.3 is 13.8 Å². The van der Waals surface area contributed by atoms with Crippen molar-refractivity contribution >= 4 is 59.3 Å². The second kappa shape index (κ2) is 18.3. The number of hydrogen-bond donors (Lipinski definition) is 5. The molecule has 6 N–H and O–H groups in total. The maximum absolute atomic E-state index is 12.1. The number of aromatic hydroxyl groups is 1. The van der Waals surface area contributed by atoms with Gasteiger partial charge in [-0.25, -0.2) is 19.3 Å². The van der Waals surface area contributed by atoms with Crippen molar-refractivity contribution in [1.29, 1.82) is 0 Å². The number of imide groups is 1. The van der Waals surface area contributed by atoms with Gasteiger partial charge in [-0.05, 0) is 49.8 Å². The van der Waals surface area contributed by atoms with Gasteiger partial charge in [0.1, 0.15) is 11.3 Å². The zero-order valence-corrected chi connectivity index (χ0v) is 30.9. The Morgan fingerprint density at radius 1 is 0.981 bits per heavy atom. The highest BCUT2D eigenvalue weighted by atomic mass is 31.2. The number of aryl methyl sites for hydroxylation is 2. The van der Waals surface area contributed by atoms with Crippen LogP contribution in [0, 0.1) is 0 Å². The number of nitrogens with one attached hydrogen (secondary N) is 1. The molecule has 1 aliphatic rings. The van der Waals surface area contributed by atoms with Crippen LogP contribution in [0.2, 0.25) is 0 Å². The molecule has 2 aromatic carbocycles. The van der Waals surface area contributed by atoms with Crippen molar-refractivity contribution in [2.24, 2.45) is 0 Å². The normalized spacial score (nSPS) is 13.3. The maximum Gasteiger partial charge on any atom is 0.524 e. The number of aromatic nitrogens is 3. The number of nitrogens with zero attached hydrogens (tertiary/aromatic N) is 4. The number of carbonyl (C=O) groups excluding carboxylic acids is 4. The molecule has 1 saturated heterocycles. The monoisotopic (exact) mass is 768 g/mol. The number of phosphoric ester groups is 1. The number of para-hydroxylation sites is 1. The van der Waals surface area contributed by atoms with Gasteiger partial charge in [0.25, 0.3) is 11.8 Å². The Labute approximate surface area is 311 Å². The van der Waals surface area contributed by atoms with Crippen LogP contribution in [0.4, 0.5) is 5.82 Å². The number of imidazole rings is 1. The Kier molecular flexibility index (Phi) is 13.6. The summed E-state index contributed by atoms with van der Waals surface area (Å²) in [5, 5.41) is 14.5. The first kappa shape index (κ1) is 40.1. The number of phenolic OH excluding ortho intramolecular Hbond substituents is 1. The SMILES string of the molecule is CCCCc1nc2c(N)nc3cc(CCCOCCCNC(=O)CCCC(=O)ON4C(=O)CCC4=O)ccc3c2n1Cc1cccc(O)c1OP(=O)(O)O. The molecule has 2 aromatic heterocycles. The van der Waals surface area contributed by atoms with Crippen LogP contribution in [0.5, 0.6) is 11.5 Å². The fourth-order valence-corrected chi connectivity index (χ4v) is 6.56. The number of phenols is 1. The third-order valence-corrected chi connectivity index (χ3v) is 9.16. The Hall–Kier alpha value is -5.09. The molecule has 0 spiro atoms. The van der Waals surface area contributed by atoms with E-state index < -0.39 is 31.4 Å². The van der Waals surface area contributed by atoms with Gasteiger partial charge in [-0.15, -0.1) is 5.06 Å². The van der Waals surface area contributed by atoms with Crippen molar-refractivity contribution in [3.63, 3.8) is 0 Å². The number of phosphoric acid groups is 1. The molecule has 0 aliphatic carbocycles. The van der Waals surface area contributed by atoms with Crippen molar-refractivity contribution in [3.05, 3.63) is 53.3 Å². The molecule has 0 atom stereocenters. The number of amides is 3. The van der Waals surface area contributed by atoms with E-state index >= 15 is 0 Å². The standard InChI is InChI=1S/C36H45N6O11P/c1-2-3-11-28-40-33-34(41(28)22-24-9-4-10-27(43)35(24)53-54(48,49)50)25-15-14-23(21-26(25)39-36(33)37)8-6-19-51-20-7-18-38-29(44)12-5-13-32(47)52-42-30(45)16-17-31(42)46/h4,9-10,14-15,21,43H,2-3,5-8,11-13,16-20,22H2,1H3,(H2,37,39)(H,38,44)(H2,48,49,50). The molecule has 290 valence electrons. The summed E-state index contributed by atoms with van der Waals surface area (Å²) in [6.07, 6.45) is 4.70. The molecule has 5 rings (SSSR count). The molecule has 4 aromatic rings. The molecule has 0 bridgehead atoms. The number of fused-ring (bicyclic) bond motifs is 3. The van der Waals surface area contributed by atoms with E-state index in [0.29, 0.717) is 72.0 Å². The van der Waals surface area contributed by atoms with Gasteiger partial charge in [0.15, 0.2) is 17.3 Å². The van der Waals surface area contributed by atoms with Gasteiger partial charge in [-0.3, -0.25) is 24.2 Å². The maximum atomic E-state index is 12.1. The van der Waals surface area contributed by atoms with Crippen LogP contribution in [0.3, 0.4) is 0 Å². The van der Waals surface area contributed by atoms with Gasteiger partial charge in [0, 0.05) is 62.8 Å². The molecular weight excluding hydrogens is 723 g/mol. The molecule has 0 radical (unpaired) electrons. The van der Waals surface area contributed by atoms with Gasteiger partial charge in [-0.1, -0.05) is 37.6 Å². The van der Waals surface area contributed by atoms with Crippen molar-refractivity contribution < 1.29 is 52.7 Å². The largest absolute Gasteiger partial charge is 0.524 e. The average molecular weight is 769 g/mol. The summed E-state index contributed by atoms with van der Waals surface area (Å²) >= 11 is 0. The average Bonchev–Trinajstić information content (AvgIpc) is 3.64. The predicted molar refractivity (Wildman–Crippen MR) is 196 cm³/mol. The molecule has 18 heteroatoms. The fraction of sp³-hybridized carbons (Fsp3) is 0.444. The first-order valence-corrected chi connectivity index (χ1v) is 19.4. The number of nitrogen functional groups attached to an aromatic ring is 1. The number of ether oxygens (including phenoxy) is 1. The number of benzene rings is 2. The first-order valence-electron chi connectivity index (χ1n) is 17.9. The van der Waals surface area contributed by atoms with E-state index in [9.17, 15) is 38.6 Å². The third kappa shape index (κ3) is 10.5. The summed E-state index contributed by atoms with van der Waals surface area (Å²) in [5.41, 5.74) is 9.71. The minimum Gasteiger partial charge on any atom is -0.504 e. The number of carbonyl (C=O) groups is 4. The third-order valence-electron chi connectivity index (χ3n) is 8.74. The van der Waals surface area contributed by atoms with Crippen LogP contribution < -0.4 is 15.6 Å². The van der Waals surface area contributed by atoms with E-state index in [1.54, 1.807) is 12.1 Å². The van der Waals surface area contributed by atoms with Crippen LogP contribution in [0.15, 0.2) is 36.4 Å². The van der Waals surface area contributed by atoms with Crippen LogP contribution in [0.25, 0.3) is 21.9 Å². The highest BCUT2D eigenvalue weighted by molar-refractivity contribution is 7.46. The molecule has 3 heterocycles. The summed E-state index contributed by atoms with van der Waals surface area (Å²) < 4.78 is 24.3. The summed E-state index contributed by atoms with van der Waals surface area (Å²) in [7, 11) is -4.96. The second-order valence-corrected chi connectivity index (χ2v) is 14.1. The van der Waals surface area contributed by atoms with Crippen molar-refractivity contribution in [2.75, 3.05) is 25.5 Å². The Morgan fingerprint density at radius 3 is 2.48 bits per heavy atom. The van der Waals surface area contributed by atoms with E-state index in [1.807, 2.05) is 22.8 Å². The smallest absolute Gasteiger partial charge is 0.504 e. The van der Waals surface area contributed by atoms with Crippen LogP contribution >= 0.6 is 7.82 Å². The lowest BCUT2D eigenvalue weighted by Crippen LogP contribution is -2.32. The van der Waals surface area contributed by atoms with E-state index in [-0.39, 0.29) is 56.1 Å². The Bertz CT molecular complexity index is 2050. The summed E-state index contributed by atoms with van der Waals surface area (Å²) in [6.45, 7) is 3.52. The predicted octanol–water partition coefficient (Wildman–Crippen LogP) is 3.97. The Balaban J connectivity index is 1.12. The number of pyridine rings is 1. The number of anilines is 1. The molecule has 54 heavy (non-hydrogen) atoms. The minimum atomic E-state index is -4.96. The number of hydrogen-bond acceptors (Lipinski definition) is 12. The van der Waals surface area contributed by atoms with Gasteiger partial charge in [0.2, 0.25) is 5.91 Å². The fourth-order valence-electron chi connectivity index (χ4n) is 6.11. The van der Waals surface area contributed by atoms with E-state index in [2.05, 4.69) is 17.2 Å². The van der Waals surface area contributed by atoms with Gasteiger partial charge < -0.3 is 34.8 Å². The lowest BCUT2D eigenvalue weighted by atomic mass is 10.1. The van der Waals surface area contributed by atoms with E-state index in [0.717, 1.165) is 30.2 Å². The summed E-state index contributed by atoms with van der Waals surface area (Å²) in [5.74, 6) is -1.79. The van der Waals surface area contributed by atoms with Gasteiger partial charge in [0.05, 0.1) is 17.6 Å². The van der Waals surface area contributed by atoms with E-state index in [4.69, 9.17) is 24.8 Å². The zero-order chi connectivity index (χ0) is 38.8. The zero-order valence-electron chi connectivity index (χ0n) is 30.0. The molecule has 1 fully saturated rings. The van der Waals surface area contributed by atoms with Crippen LogP contribution in [-0.2, 0) is 52.7 Å². The van der Waals surface area contributed by atoms with Crippen molar-refractivity contribution in [3.8, 4) is 11.5 Å². The van der Waals surface area contributed by atoms with Crippen molar-refractivity contribution in [2.45, 2.75) is 84.1 Å². The number of unbranched alkanes of at least 4 members (excludes halogenated alkanes) is 1. The molecule has 1 aliphatic heterocycles. The quantitative estimate of drug-likeness (QED) is 0.0485. The molecule has 0 saturated carbocycles. The molecular formula is C36H45N6O11P. The molecule has 3 amide bonds. The van der Waals surface area contributed by atoms with Gasteiger partial charge in [-0.2, -0.15) is 0 Å². The van der Waals surface area contributed by atoms with Crippen LogP contribution in [-0.4, -0.2) is 77.9 Å². The highest BCUT2D eigenvalue weighted by Crippen LogP contribution is 2.44. The number of nitrogens with two attached hydrogens (primary N) is 1. The Morgan fingerprint density at radius 2 is 1.74 bits per heavy atom. The first-order chi connectivity index (χ1) is 25.8. The molecule has 0 unspecified atom stereocenters. The lowest BCUT2D eigenvalue weighted by Gasteiger charge is -2.16. The topological polar surface area (TPSA) is 246 Å². The summed E-state index contributed by atoms with van der Waals surface area (Å²) in [6, 6.07) is 10.4. The highest BCUT2D eigenvalue weighted by Gasteiger charge is 2.32. The molecule has 17 nitrogen and oxygen atoms in total. The number of rotatable bonds is 20. The summed E-state index contributed by atoms with van der Waals surface area (Å²) in [4.78, 5) is 80.3. The second-order valence-electron chi connectivity index (χ2n) is 12.9. The minimum absolute atomic E-state index is 0.0211. The number of hydroxylamine groups is 2. The van der Waals surface area contributed by atoms with Crippen LogP contribution in [0.1, 0.15) is 81.7 Å². The lowest BCUT2D eigenvalue weighted by molar-refractivity contribution is -0.197. The van der Waals surface area contributed by atoms with E-state index in [1.165, 1.54) is 6.07 Å².